The Labute approximate surface area is 96.0 Å². The fourth-order valence-corrected chi connectivity index (χ4v) is 3.71. The quantitative estimate of drug-likeness (QED) is 0.209. The number of rotatable bonds is 8. The molecule has 0 aliphatic carbocycles. The molecule has 12 heteroatoms. The molecule has 102 valence electrons. The molecule has 17 heavy (non-hydrogen) atoms. The lowest BCUT2D eigenvalue weighted by molar-refractivity contribution is -0.757. The third-order valence-corrected chi connectivity index (χ3v) is 5.70. The number of hydrogen-bond donors (Lipinski definition) is 4. The molecule has 0 bridgehead atoms. The highest BCUT2D eigenvalue weighted by atomic mass is 31.2. The standard InChI is InChI=1S/C5H13NO9P2/c7-6(8)15-4-2-1-3-5(16(9,10)11)17(12,13)14/h5H,1-4H2,(H2,9,10,11)(H2,12,13,14). The van der Waals surface area contributed by atoms with Gasteiger partial charge < -0.3 is 24.4 Å². The summed E-state index contributed by atoms with van der Waals surface area (Å²) >= 11 is 0. The summed E-state index contributed by atoms with van der Waals surface area (Å²) in [5.41, 5.74) is 0. The van der Waals surface area contributed by atoms with Gasteiger partial charge in [-0.2, -0.15) is 0 Å². The minimum Gasteiger partial charge on any atom is -0.324 e. The highest BCUT2D eigenvalue weighted by Gasteiger charge is 2.42. The van der Waals surface area contributed by atoms with E-state index in [2.05, 4.69) is 4.84 Å². The molecule has 0 aromatic rings. The Hall–Kier alpha value is -0.500. The molecule has 10 nitrogen and oxygen atoms in total. The van der Waals surface area contributed by atoms with E-state index in [4.69, 9.17) is 19.6 Å². The van der Waals surface area contributed by atoms with Crippen molar-refractivity contribution in [2.75, 3.05) is 6.61 Å². The fourth-order valence-electron chi connectivity index (χ4n) is 1.10. The van der Waals surface area contributed by atoms with Crippen molar-refractivity contribution in [3.63, 3.8) is 0 Å². The number of nitrogens with zero attached hydrogens (tertiary/aromatic N) is 1. The largest absolute Gasteiger partial charge is 0.340 e. The van der Waals surface area contributed by atoms with Crippen molar-refractivity contribution in [2.24, 2.45) is 0 Å². The maximum absolute atomic E-state index is 10.8. The highest BCUT2D eigenvalue weighted by molar-refractivity contribution is 7.70. The van der Waals surface area contributed by atoms with E-state index < -0.39 is 32.1 Å². The van der Waals surface area contributed by atoms with Crippen LogP contribution in [0.2, 0.25) is 0 Å². The molecule has 0 saturated carbocycles. The van der Waals surface area contributed by atoms with E-state index in [-0.39, 0.29) is 19.4 Å². The first-order chi connectivity index (χ1) is 7.55. The van der Waals surface area contributed by atoms with Crippen molar-refractivity contribution < 1.29 is 38.6 Å². The molecule has 0 radical (unpaired) electrons. The van der Waals surface area contributed by atoms with Crippen molar-refractivity contribution in [3.05, 3.63) is 10.1 Å². The molecule has 0 atom stereocenters. The van der Waals surface area contributed by atoms with Crippen LogP contribution in [0.5, 0.6) is 0 Å². The van der Waals surface area contributed by atoms with Gasteiger partial charge in [0.2, 0.25) is 0 Å². The second-order valence-electron chi connectivity index (χ2n) is 3.21. The number of unbranched alkanes of at least 4 members (excludes halogenated alkanes) is 1. The molecule has 0 saturated heterocycles. The Kier molecular flexibility index (Phi) is 6.25. The molecule has 0 rings (SSSR count). The Balaban J connectivity index is 4.18. The molecule has 0 heterocycles. The molecule has 0 aromatic carbocycles. The smallest absolute Gasteiger partial charge is 0.324 e. The van der Waals surface area contributed by atoms with E-state index in [1.165, 1.54) is 0 Å². The summed E-state index contributed by atoms with van der Waals surface area (Å²) in [7, 11) is -9.81. The van der Waals surface area contributed by atoms with E-state index in [1.54, 1.807) is 0 Å². The maximum atomic E-state index is 10.8. The Morgan fingerprint density at radius 1 is 1.12 bits per heavy atom. The molecule has 0 aliphatic heterocycles. The SMILES string of the molecule is O=[N+]([O-])OCCCCC(P(=O)(O)O)P(=O)(O)O. The predicted molar refractivity (Wildman–Crippen MR) is 54.7 cm³/mol. The van der Waals surface area contributed by atoms with Crippen LogP contribution in [0.15, 0.2) is 0 Å². The lowest BCUT2D eigenvalue weighted by atomic mass is 10.3. The summed E-state index contributed by atoms with van der Waals surface area (Å²) in [6, 6.07) is 0. The molecular formula is C5H13NO9P2. The third kappa shape index (κ3) is 7.43. The van der Waals surface area contributed by atoms with Gasteiger partial charge in [-0.1, -0.05) is 0 Å². The van der Waals surface area contributed by atoms with Crippen LogP contribution in [0.3, 0.4) is 0 Å². The van der Waals surface area contributed by atoms with Crippen LogP contribution in [0, 0.1) is 10.1 Å². The van der Waals surface area contributed by atoms with Gasteiger partial charge in [0.15, 0.2) is 5.40 Å². The monoisotopic (exact) mass is 293 g/mol. The zero-order valence-electron chi connectivity index (χ0n) is 8.58. The lowest BCUT2D eigenvalue weighted by Crippen LogP contribution is -2.10. The first-order valence-electron chi connectivity index (χ1n) is 4.43. The van der Waals surface area contributed by atoms with Crippen molar-refractivity contribution in [1.82, 2.24) is 0 Å². The Morgan fingerprint density at radius 2 is 1.59 bits per heavy atom. The van der Waals surface area contributed by atoms with Gasteiger partial charge in [0.25, 0.3) is 5.09 Å². The molecule has 0 unspecified atom stereocenters. The molecule has 0 fully saturated rings. The molecule has 4 N–H and O–H groups in total. The van der Waals surface area contributed by atoms with Gasteiger partial charge in [-0.3, -0.25) is 9.13 Å². The van der Waals surface area contributed by atoms with E-state index >= 15 is 0 Å². The van der Waals surface area contributed by atoms with Crippen LogP contribution < -0.4 is 0 Å². The van der Waals surface area contributed by atoms with Gasteiger partial charge in [-0.05, 0) is 19.3 Å². The number of hydrogen-bond acceptors (Lipinski definition) is 5. The summed E-state index contributed by atoms with van der Waals surface area (Å²) < 4.78 is 21.6. The second-order valence-corrected chi connectivity index (χ2v) is 7.22. The van der Waals surface area contributed by atoms with Crippen LogP contribution >= 0.6 is 15.2 Å². The lowest BCUT2D eigenvalue weighted by Gasteiger charge is -2.19. The van der Waals surface area contributed by atoms with Gasteiger partial charge in [0.05, 0.1) is 6.61 Å². The average molecular weight is 293 g/mol. The van der Waals surface area contributed by atoms with E-state index in [0.717, 1.165) is 0 Å². The maximum Gasteiger partial charge on any atom is 0.340 e. The van der Waals surface area contributed by atoms with Gasteiger partial charge in [0, 0.05) is 0 Å². The second kappa shape index (κ2) is 6.44. The molecule has 0 spiro atoms. The van der Waals surface area contributed by atoms with Crippen LogP contribution in [-0.2, 0) is 14.0 Å². The molecule has 0 amide bonds. The van der Waals surface area contributed by atoms with Crippen LogP contribution in [-0.4, -0.2) is 36.7 Å². The third-order valence-electron chi connectivity index (χ3n) is 1.83. The predicted octanol–water partition coefficient (Wildman–Crippen LogP) is 0.0465. The summed E-state index contributed by atoms with van der Waals surface area (Å²) in [4.78, 5) is 48.6. The fraction of sp³-hybridized carbons (Fsp3) is 1.00. The molecule has 0 aromatic heterocycles. The topological polar surface area (TPSA) is 167 Å². The van der Waals surface area contributed by atoms with E-state index in [0.29, 0.717) is 0 Å². The highest BCUT2D eigenvalue weighted by Crippen LogP contribution is 2.61. The van der Waals surface area contributed by atoms with E-state index in [9.17, 15) is 19.2 Å². The summed E-state index contributed by atoms with van der Waals surface area (Å²) in [5.74, 6) is 0. The van der Waals surface area contributed by atoms with Gasteiger partial charge >= 0.3 is 15.2 Å². The van der Waals surface area contributed by atoms with Crippen LogP contribution in [0.1, 0.15) is 19.3 Å². The Bertz CT molecular complexity index is 323. The zero-order valence-corrected chi connectivity index (χ0v) is 10.4. The van der Waals surface area contributed by atoms with E-state index in [1.807, 2.05) is 0 Å². The summed E-state index contributed by atoms with van der Waals surface area (Å²) in [6.07, 6.45) is -0.373. The van der Waals surface area contributed by atoms with Crippen molar-refractivity contribution >= 4 is 15.2 Å². The Morgan fingerprint density at radius 3 is 1.94 bits per heavy atom. The minimum absolute atomic E-state index is 0.00523. The first-order valence-corrected chi connectivity index (χ1v) is 7.79. The van der Waals surface area contributed by atoms with Gasteiger partial charge in [-0.25, -0.2) is 0 Å². The minimum atomic E-state index is -4.90. The molecule has 0 aliphatic rings. The van der Waals surface area contributed by atoms with Crippen molar-refractivity contribution in [3.8, 4) is 0 Å². The summed E-state index contributed by atoms with van der Waals surface area (Å²) in [5, 5.41) is 6.66. The normalized spacial score (nSPS) is 12.8. The van der Waals surface area contributed by atoms with Crippen LogP contribution in [0.4, 0.5) is 0 Å². The zero-order chi connectivity index (χ0) is 13.7. The van der Waals surface area contributed by atoms with Crippen molar-refractivity contribution in [1.29, 1.82) is 0 Å². The van der Waals surface area contributed by atoms with Crippen molar-refractivity contribution in [2.45, 2.75) is 24.7 Å². The van der Waals surface area contributed by atoms with Crippen LogP contribution in [0.25, 0.3) is 0 Å². The molecular weight excluding hydrogens is 280 g/mol. The van der Waals surface area contributed by atoms with Gasteiger partial charge in [0.1, 0.15) is 0 Å². The summed E-state index contributed by atoms with van der Waals surface area (Å²) in [6.45, 7) is -0.290. The first kappa shape index (κ1) is 16.5. The van der Waals surface area contributed by atoms with Gasteiger partial charge in [-0.15, -0.1) is 10.1 Å². The average Bonchev–Trinajstić information content (AvgIpc) is 2.05.